The Kier molecular flexibility index (Phi) is 8.14. The van der Waals surface area contributed by atoms with Crippen molar-refractivity contribution in [2.45, 2.75) is 53.0 Å². The molecule has 1 saturated carbocycles. The summed E-state index contributed by atoms with van der Waals surface area (Å²) in [5, 5.41) is 1.01. The van der Waals surface area contributed by atoms with Crippen LogP contribution in [0.1, 0.15) is 60.4 Å². The second kappa shape index (κ2) is 11.7. The number of carbonyl (C=O) groups is 2. The third kappa shape index (κ3) is 5.57. The van der Waals surface area contributed by atoms with Crippen molar-refractivity contribution in [3.05, 3.63) is 83.2 Å². The molecule has 0 N–H and O–H groups in total. The number of ether oxygens (including phenoxy) is 1. The Labute approximate surface area is 236 Å². The maximum absolute atomic E-state index is 12.8. The molecule has 0 radical (unpaired) electrons. The van der Waals surface area contributed by atoms with Crippen LogP contribution in [0.3, 0.4) is 0 Å². The number of hydrogen-bond acceptors (Lipinski definition) is 6. The topological polar surface area (TPSA) is 105 Å². The van der Waals surface area contributed by atoms with Crippen molar-refractivity contribution in [3.8, 4) is 11.1 Å². The number of pyridine rings is 1. The van der Waals surface area contributed by atoms with E-state index in [1.807, 2.05) is 43.3 Å². The van der Waals surface area contributed by atoms with Crippen LogP contribution in [0.5, 0.6) is 0 Å². The maximum Gasteiger partial charge on any atom is 0.357 e. The number of carbonyl (C=O) groups excluding carboxylic acids is 2. The van der Waals surface area contributed by atoms with Crippen LogP contribution in [0, 0.1) is 12.8 Å². The molecule has 5 rings (SSSR count). The summed E-state index contributed by atoms with van der Waals surface area (Å²) in [4.78, 5) is 29.9. The molecule has 208 valence electrons. The average molecular weight is 559 g/mol. The summed E-state index contributed by atoms with van der Waals surface area (Å²) in [7, 11) is 0. The molecule has 4 aromatic rings. The predicted octanol–water partition coefficient (Wildman–Crippen LogP) is 5.73. The van der Waals surface area contributed by atoms with E-state index in [9.17, 15) is 18.4 Å². The lowest BCUT2D eigenvalue weighted by Gasteiger charge is -2.26. The van der Waals surface area contributed by atoms with Gasteiger partial charge in [0, 0.05) is 29.1 Å². The first-order chi connectivity index (χ1) is 19.3. The molecule has 0 aliphatic heterocycles. The van der Waals surface area contributed by atoms with Crippen molar-refractivity contribution in [1.29, 1.82) is 0 Å². The summed E-state index contributed by atoms with van der Waals surface area (Å²) in [5.41, 5.74) is 6.00. The van der Waals surface area contributed by atoms with Crippen LogP contribution in [-0.4, -0.2) is 36.8 Å². The molecular formula is C31H32N3O5S-. The molecule has 2 aromatic heterocycles. The first-order valence-corrected chi connectivity index (χ1v) is 14.6. The van der Waals surface area contributed by atoms with Gasteiger partial charge in [-0.1, -0.05) is 55.8 Å². The van der Waals surface area contributed by atoms with Crippen LogP contribution in [0.4, 0.5) is 5.69 Å². The van der Waals surface area contributed by atoms with Crippen LogP contribution >= 0.6 is 0 Å². The number of fused-ring (bicyclic) bond motifs is 1. The molecule has 1 aliphatic carbocycles. The van der Waals surface area contributed by atoms with Gasteiger partial charge < -0.3 is 13.9 Å². The minimum absolute atomic E-state index is 0.233. The highest BCUT2D eigenvalue weighted by molar-refractivity contribution is 7.81. The Morgan fingerprint density at radius 3 is 2.48 bits per heavy atom. The highest BCUT2D eigenvalue weighted by atomic mass is 32.2. The molecule has 1 amide bonds. The molecule has 9 heteroatoms. The summed E-state index contributed by atoms with van der Waals surface area (Å²) in [6, 6.07) is 18.9. The van der Waals surface area contributed by atoms with Gasteiger partial charge in [-0.05, 0) is 68.0 Å². The molecule has 0 spiro atoms. The van der Waals surface area contributed by atoms with E-state index < -0.39 is 17.2 Å². The number of nitrogens with zero attached hydrogens (tertiary/aromatic N) is 3. The van der Waals surface area contributed by atoms with Crippen LogP contribution in [0.15, 0.2) is 60.7 Å². The van der Waals surface area contributed by atoms with Crippen molar-refractivity contribution in [1.82, 2.24) is 9.55 Å². The van der Waals surface area contributed by atoms with Gasteiger partial charge >= 0.3 is 5.97 Å². The van der Waals surface area contributed by atoms with E-state index in [1.54, 1.807) is 25.1 Å². The predicted molar refractivity (Wildman–Crippen MR) is 155 cm³/mol. The number of anilines is 1. The van der Waals surface area contributed by atoms with Gasteiger partial charge in [0.1, 0.15) is 5.65 Å². The quantitative estimate of drug-likeness (QED) is 0.182. The Morgan fingerprint density at radius 2 is 1.82 bits per heavy atom. The van der Waals surface area contributed by atoms with Gasteiger partial charge in [-0.25, -0.2) is 14.1 Å². The highest BCUT2D eigenvalue weighted by Crippen LogP contribution is 2.37. The van der Waals surface area contributed by atoms with E-state index in [4.69, 9.17) is 9.72 Å². The van der Waals surface area contributed by atoms with E-state index in [2.05, 4.69) is 17.6 Å². The highest BCUT2D eigenvalue weighted by Gasteiger charge is 2.35. The number of esters is 1. The van der Waals surface area contributed by atoms with Crippen molar-refractivity contribution >= 4 is 39.9 Å². The zero-order valence-corrected chi connectivity index (χ0v) is 23.7. The van der Waals surface area contributed by atoms with Crippen molar-refractivity contribution in [2.24, 2.45) is 5.92 Å². The molecule has 40 heavy (non-hydrogen) atoms. The third-order valence-corrected chi connectivity index (χ3v) is 7.83. The lowest BCUT2D eigenvalue weighted by atomic mass is 10.0. The summed E-state index contributed by atoms with van der Waals surface area (Å²) in [5.74, 6) is -1.05. The molecule has 1 atom stereocenters. The number of para-hydroxylation sites is 1. The van der Waals surface area contributed by atoms with Gasteiger partial charge in [0.25, 0.3) is 0 Å². The lowest BCUT2D eigenvalue weighted by molar-refractivity contribution is -0.118. The minimum atomic E-state index is -2.71. The summed E-state index contributed by atoms with van der Waals surface area (Å²) >= 11 is -2.71. The first-order valence-electron chi connectivity index (χ1n) is 13.6. The van der Waals surface area contributed by atoms with Crippen molar-refractivity contribution in [3.63, 3.8) is 0 Å². The number of aryl methyl sites for hydroxylation is 2. The standard InChI is InChI=1S/C31H33N3O5S/c1-4-8-24-18-26-20(3)17-27(31(36)39-5-2)32-29(26)33(24)19-21-11-13-22(14-12-21)25-9-6-7-10-28(25)34(40(37)38)30(35)23-15-16-23/h6-7,9-14,17-18,23H,4-5,8,15-16,19H2,1-3H3,(H,37,38)/p-1. The number of rotatable bonds is 10. The van der Waals surface area contributed by atoms with E-state index in [0.29, 0.717) is 36.3 Å². The minimum Gasteiger partial charge on any atom is -0.755 e. The molecule has 1 aliphatic rings. The summed E-state index contributed by atoms with van der Waals surface area (Å²) in [6.07, 6.45) is 3.26. The Bertz CT molecular complexity index is 1590. The molecular weight excluding hydrogens is 526 g/mol. The fraction of sp³-hybridized carbons (Fsp3) is 0.323. The summed E-state index contributed by atoms with van der Waals surface area (Å²) < 4.78 is 32.4. The number of hydrogen-bond donors (Lipinski definition) is 0. The smallest absolute Gasteiger partial charge is 0.357 e. The van der Waals surface area contributed by atoms with Crippen molar-refractivity contribution in [2.75, 3.05) is 10.9 Å². The molecule has 2 aromatic carbocycles. The van der Waals surface area contributed by atoms with Crippen LogP contribution in [-0.2, 0) is 33.8 Å². The SMILES string of the molecule is CCCc1cc2c(C)cc(C(=O)OCC)nc2n1Cc1ccc(-c2ccccc2N(C(=O)C2CC2)S(=O)[O-])cc1. The number of aromatic nitrogens is 2. The molecule has 8 nitrogen and oxygen atoms in total. The van der Waals surface area contributed by atoms with Gasteiger partial charge in [0.05, 0.1) is 23.6 Å². The molecule has 0 saturated heterocycles. The zero-order chi connectivity index (χ0) is 28.4. The Hall–Kier alpha value is -3.82. The zero-order valence-electron chi connectivity index (χ0n) is 22.9. The van der Waals surface area contributed by atoms with E-state index in [0.717, 1.165) is 50.6 Å². The average Bonchev–Trinajstić information content (AvgIpc) is 3.74. The molecule has 1 unspecified atom stereocenters. The largest absolute Gasteiger partial charge is 0.755 e. The fourth-order valence-corrected chi connectivity index (χ4v) is 5.63. The molecule has 2 heterocycles. The van der Waals surface area contributed by atoms with Crippen molar-refractivity contribution < 1.29 is 23.1 Å². The summed E-state index contributed by atoms with van der Waals surface area (Å²) in [6.45, 7) is 6.72. The lowest BCUT2D eigenvalue weighted by Crippen LogP contribution is -2.34. The Balaban J connectivity index is 1.49. The first kappa shape index (κ1) is 27.7. The Morgan fingerprint density at radius 1 is 1.10 bits per heavy atom. The van der Waals surface area contributed by atoms with Crippen LogP contribution in [0.25, 0.3) is 22.2 Å². The molecule has 1 fully saturated rings. The monoisotopic (exact) mass is 558 g/mol. The van der Waals surface area contributed by atoms with E-state index >= 15 is 0 Å². The van der Waals surface area contributed by atoms with Crippen LogP contribution < -0.4 is 4.31 Å². The van der Waals surface area contributed by atoms with E-state index in [-0.39, 0.29) is 18.4 Å². The van der Waals surface area contributed by atoms with Crippen LogP contribution in [0.2, 0.25) is 0 Å². The number of benzene rings is 2. The van der Waals surface area contributed by atoms with Gasteiger partial charge in [0.15, 0.2) is 5.69 Å². The second-order valence-corrected chi connectivity index (χ2v) is 10.9. The van der Waals surface area contributed by atoms with Gasteiger partial charge in [0.2, 0.25) is 5.91 Å². The van der Waals surface area contributed by atoms with Gasteiger partial charge in [-0.15, -0.1) is 0 Å². The maximum atomic E-state index is 12.8. The second-order valence-electron chi connectivity index (χ2n) is 10.1. The van der Waals surface area contributed by atoms with E-state index in [1.165, 1.54) is 0 Å². The van der Waals surface area contributed by atoms with Gasteiger partial charge in [-0.2, -0.15) is 0 Å². The van der Waals surface area contributed by atoms with Gasteiger partial charge in [-0.3, -0.25) is 9.00 Å². The molecule has 0 bridgehead atoms. The normalized spacial score (nSPS) is 13.8. The fourth-order valence-electron chi connectivity index (χ4n) is 5.02. The number of amides is 1. The third-order valence-electron chi connectivity index (χ3n) is 7.15.